The Labute approximate surface area is 160 Å². The number of para-hydroxylation sites is 1. The molecule has 1 heterocycles. The van der Waals surface area contributed by atoms with Crippen molar-refractivity contribution in [3.05, 3.63) is 101 Å². The van der Waals surface area contributed by atoms with Crippen molar-refractivity contribution in [2.75, 3.05) is 11.9 Å². The molecule has 1 amide bonds. The molecule has 136 valence electrons. The van der Waals surface area contributed by atoms with Crippen LogP contribution in [0, 0.1) is 6.92 Å². The summed E-state index contributed by atoms with van der Waals surface area (Å²) in [5.41, 5.74) is 4.56. The minimum absolute atomic E-state index is 0.0726. The molecule has 3 aromatic carbocycles. The quantitative estimate of drug-likeness (QED) is 0.715. The number of carbonyl (C=O) groups is 1. The highest BCUT2D eigenvalue weighted by Gasteiger charge is 2.42. The third-order valence-corrected chi connectivity index (χ3v) is 5.40. The molecule has 0 aliphatic carbocycles. The number of hydrogen-bond donors (Lipinski definition) is 1. The number of nitrogens with zero attached hydrogens (tertiary/aromatic N) is 1. The molecule has 0 aromatic heterocycles. The Morgan fingerprint density at radius 2 is 1.56 bits per heavy atom. The smallest absolute Gasteiger partial charge is 0.258 e. The van der Waals surface area contributed by atoms with E-state index in [0.717, 1.165) is 23.2 Å². The SMILES string of the molecule is Cc1ccc(C2(C)Nc3ccccc3C(=O)N2CCc2ccccc2)cc1. The van der Waals surface area contributed by atoms with Crippen LogP contribution in [0.1, 0.15) is 34.0 Å². The first-order valence-electron chi connectivity index (χ1n) is 9.38. The zero-order valence-corrected chi connectivity index (χ0v) is 15.8. The van der Waals surface area contributed by atoms with Crippen LogP contribution < -0.4 is 5.32 Å². The third kappa shape index (κ3) is 3.21. The predicted octanol–water partition coefficient (Wildman–Crippen LogP) is 4.98. The van der Waals surface area contributed by atoms with E-state index in [9.17, 15) is 4.79 Å². The number of fused-ring (bicyclic) bond motifs is 1. The van der Waals surface area contributed by atoms with Gasteiger partial charge < -0.3 is 10.2 Å². The van der Waals surface area contributed by atoms with Crippen molar-refractivity contribution in [1.29, 1.82) is 0 Å². The van der Waals surface area contributed by atoms with Crippen LogP contribution in [0.2, 0.25) is 0 Å². The molecule has 27 heavy (non-hydrogen) atoms. The lowest BCUT2D eigenvalue weighted by atomic mass is 9.92. The molecular weight excluding hydrogens is 332 g/mol. The van der Waals surface area contributed by atoms with Gasteiger partial charge >= 0.3 is 0 Å². The molecule has 4 rings (SSSR count). The summed E-state index contributed by atoms with van der Waals surface area (Å²) in [5.74, 6) is 0.0726. The van der Waals surface area contributed by atoms with Gasteiger partial charge in [-0.1, -0.05) is 72.3 Å². The van der Waals surface area contributed by atoms with Gasteiger partial charge in [0, 0.05) is 12.2 Å². The number of aryl methyl sites for hydroxylation is 1. The second-order valence-electron chi connectivity index (χ2n) is 7.30. The maximum Gasteiger partial charge on any atom is 0.258 e. The molecule has 3 aromatic rings. The second-order valence-corrected chi connectivity index (χ2v) is 7.30. The molecule has 1 atom stereocenters. The molecular formula is C24H24N2O. The molecule has 0 radical (unpaired) electrons. The molecule has 0 fully saturated rings. The van der Waals surface area contributed by atoms with E-state index in [1.54, 1.807) is 0 Å². The van der Waals surface area contributed by atoms with E-state index in [1.165, 1.54) is 11.1 Å². The Bertz CT molecular complexity index is 950. The number of hydrogen-bond acceptors (Lipinski definition) is 2. The number of carbonyl (C=O) groups excluding carboxylic acids is 1. The van der Waals surface area contributed by atoms with Crippen LogP contribution in [0.3, 0.4) is 0 Å². The monoisotopic (exact) mass is 356 g/mol. The van der Waals surface area contributed by atoms with E-state index in [-0.39, 0.29) is 5.91 Å². The van der Waals surface area contributed by atoms with Gasteiger partial charge in [-0.05, 0) is 43.5 Å². The van der Waals surface area contributed by atoms with Gasteiger partial charge in [-0.15, -0.1) is 0 Å². The van der Waals surface area contributed by atoms with Crippen LogP contribution in [0.5, 0.6) is 0 Å². The summed E-state index contributed by atoms with van der Waals surface area (Å²) >= 11 is 0. The lowest BCUT2D eigenvalue weighted by Gasteiger charge is -2.47. The van der Waals surface area contributed by atoms with Gasteiger partial charge in [0.15, 0.2) is 0 Å². The van der Waals surface area contributed by atoms with Crippen LogP contribution in [-0.2, 0) is 12.1 Å². The molecule has 1 aliphatic rings. The number of nitrogens with one attached hydrogen (secondary N) is 1. The summed E-state index contributed by atoms with van der Waals surface area (Å²) in [6.07, 6.45) is 0.817. The largest absolute Gasteiger partial charge is 0.358 e. The molecule has 0 saturated heterocycles. The molecule has 3 nitrogen and oxygen atoms in total. The fourth-order valence-corrected chi connectivity index (χ4v) is 3.77. The number of rotatable bonds is 4. The summed E-state index contributed by atoms with van der Waals surface area (Å²) in [7, 11) is 0. The van der Waals surface area contributed by atoms with Crippen molar-refractivity contribution in [1.82, 2.24) is 4.90 Å². The summed E-state index contributed by atoms with van der Waals surface area (Å²) in [4.78, 5) is 15.3. The Hall–Kier alpha value is -3.07. The summed E-state index contributed by atoms with van der Waals surface area (Å²) < 4.78 is 0. The van der Waals surface area contributed by atoms with Crippen molar-refractivity contribution in [2.24, 2.45) is 0 Å². The van der Waals surface area contributed by atoms with Gasteiger partial charge in [-0.3, -0.25) is 4.79 Å². The maximum absolute atomic E-state index is 13.4. The van der Waals surface area contributed by atoms with E-state index in [0.29, 0.717) is 6.54 Å². The zero-order chi connectivity index (χ0) is 18.9. The van der Waals surface area contributed by atoms with Crippen molar-refractivity contribution in [3.8, 4) is 0 Å². The number of amides is 1. The fraction of sp³-hybridized carbons (Fsp3) is 0.208. The topological polar surface area (TPSA) is 32.3 Å². The van der Waals surface area contributed by atoms with Gasteiger partial charge in [-0.2, -0.15) is 0 Å². The van der Waals surface area contributed by atoms with Crippen molar-refractivity contribution in [2.45, 2.75) is 25.9 Å². The van der Waals surface area contributed by atoms with Crippen LogP contribution >= 0.6 is 0 Å². The van der Waals surface area contributed by atoms with Gasteiger partial charge in [0.05, 0.1) is 5.56 Å². The van der Waals surface area contributed by atoms with Crippen LogP contribution in [-0.4, -0.2) is 17.4 Å². The minimum Gasteiger partial charge on any atom is -0.358 e. The first-order valence-corrected chi connectivity index (χ1v) is 9.38. The molecule has 1 unspecified atom stereocenters. The Balaban J connectivity index is 1.73. The standard InChI is InChI=1S/C24H24N2O/c1-18-12-14-20(15-13-18)24(2)25-22-11-7-6-10-21(22)23(27)26(24)17-16-19-8-4-3-5-9-19/h3-15,25H,16-17H2,1-2H3. The molecule has 3 heteroatoms. The summed E-state index contributed by atoms with van der Waals surface area (Å²) in [6.45, 7) is 4.82. The average molecular weight is 356 g/mol. The van der Waals surface area contributed by atoms with Crippen molar-refractivity contribution >= 4 is 11.6 Å². The molecule has 0 saturated carbocycles. The van der Waals surface area contributed by atoms with E-state index in [4.69, 9.17) is 0 Å². The third-order valence-electron chi connectivity index (χ3n) is 5.40. The Morgan fingerprint density at radius 1 is 0.889 bits per heavy atom. The molecule has 0 spiro atoms. The van der Waals surface area contributed by atoms with E-state index in [2.05, 4.69) is 55.6 Å². The average Bonchev–Trinajstić information content (AvgIpc) is 2.69. The van der Waals surface area contributed by atoms with Gasteiger partial charge in [-0.25, -0.2) is 0 Å². The molecule has 1 N–H and O–H groups in total. The van der Waals surface area contributed by atoms with Crippen molar-refractivity contribution < 1.29 is 4.79 Å². The minimum atomic E-state index is -0.589. The normalized spacial score (nSPS) is 18.7. The lowest BCUT2D eigenvalue weighted by Crippen LogP contribution is -2.56. The van der Waals surface area contributed by atoms with Crippen molar-refractivity contribution in [3.63, 3.8) is 0 Å². The van der Waals surface area contributed by atoms with Crippen LogP contribution in [0.25, 0.3) is 0 Å². The van der Waals surface area contributed by atoms with E-state index >= 15 is 0 Å². The number of benzene rings is 3. The van der Waals surface area contributed by atoms with E-state index in [1.807, 2.05) is 47.4 Å². The van der Waals surface area contributed by atoms with Gasteiger partial charge in [0.1, 0.15) is 5.66 Å². The fourth-order valence-electron chi connectivity index (χ4n) is 3.77. The summed E-state index contributed by atoms with van der Waals surface area (Å²) in [6, 6.07) is 26.5. The van der Waals surface area contributed by atoms with Crippen LogP contribution in [0.15, 0.2) is 78.9 Å². The first-order chi connectivity index (χ1) is 13.1. The highest BCUT2D eigenvalue weighted by atomic mass is 16.2. The van der Waals surface area contributed by atoms with Gasteiger partial charge in [0.25, 0.3) is 5.91 Å². The number of anilines is 1. The predicted molar refractivity (Wildman–Crippen MR) is 110 cm³/mol. The zero-order valence-electron chi connectivity index (χ0n) is 15.8. The highest BCUT2D eigenvalue weighted by Crippen LogP contribution is 2.37. The second kappa shape index (κ2) is 6.92. The van der Waals surface area contributed by atoms with Gasteiger partial charge in [0.2, 0.25) is 0 Å². The van der Waals surface area contributed by atoms with E-state index < -0.39 is 5.66 Å². The highest BCUT2D eigenvalue weighted by molar-refractivity contribution is 6.02. The van der Waals surface area contributed by atoms with Crippen LogP contribution in [0.4, 0.5) is 5.69 Å². The Kier molecular flexibility index (Phi) is 4.44. The maximum atomic E-state index is 13.4. The molecule has 1 aliphatic heterocycles. The molecule has 0 bridgehead atoms. The Morgan fingerprint density at radius 3 is 2.30 bits per heavy atom. The summed E-state index contributed by atoms with van der Waals surface area (Å²) in [5, 5.41) is 3.63. The first kappa shape index (κ1) is 17.3. The lowest BCUT2D eigenvalue weighted by molar-refractivity contribution is 0.0539.